The summed E-state index contributed by atoms with van der Waals surface area (Å²) in [4.78, 5) is 5.28. The Hall–Kier alpha value is -1.43. The quantitative estimate of drug-likeness (QED) is 0.741. The van der Waals surface area contributed by atoms with Crippen molar-refractivity contribution < 1.29 is 19.0 Å². The molecule has 1 aromatic carbocycles. The van der Waals surface area contributed by atoms with Crippen LogP contribution in [0.25, 0.3) is 0 Å². The van der Waals surface area contributed by atoms with Gasteiger partial charge in [-0.1, -0.05) is 35.5 Å². The fourth-order valence-corrected chi connectivity index (χ4v) is 1.74. The van der Waals surface area contributed by atoms with E-state index in [1.54, 1.807) is 0 Å². The Morgan fingerprint density at radius 3 is 3.00 bits per heavy atom. The first kappa shape index (κ1) is 10.7. The molecule has 3 rings (SSSR count). The average molecular weight is 235 g/mol. The minimum absolute atomic E-state index is 0.121. The summed E-state index contributed by atoms with van der Waals surface area (Å²) in [6.07, 6.45) is -0.121. The van der Waals surface area contributed by atoms with Gasteiger partial charge in [0.2, 0.25) is 0 Å². The molecular weight excluding hydrogens is 222 g/mol. The third kappa shape index (κ3) is 2.46. The summed E-state index contributed by atoms with van der Waals surface area (Å²) in [6.45, 7) is 0.817. The zero-order valence-electron chi connectivity index (χ0n) is 9.24. The van der Waals surface area contributed by atoms with Crippen LogP contribution < -0.4 is 0 Å². The average Bonchev–Trinajstić information content (AvgIpc) is 2.76. The van der Waals surface area contributed by atoms with Crippen LogP contribution in [0.4, 0.5) is 0 Å². The molecule has 2 fully saturated rings. The lowest BCUT2D eigenvalue weighted by Crippen LogP contribution is -2.34. The predicted octanol–water partition coefficient (Wildman–Crippen LogP) is 1.29. The Morgan fingerprint density at radius 1 is 1.24 bits per heavy atom. The standard InChI is InChI=1S/C12H13NO4/c1-2-4-9(5-3-1)6-16-13-10-7-14-12-15-8-11(10)17-12/h1-5,11-12H,6-8H2/b13-10+. The van der Waals surface area contributed by atoms with Gasteiger partial charge in [0.05, 0.1) is 13.2 Å². The van der Waals surface area contributed by atoms with Gasteiger partial charge in [-0.05, 0) is 5.56 Å². The summed E-state index contributed by atoms with van der Waals surface area (Å²) in [5.74, 6) is 0. The van der Waals surface area contributed by atoms with Crippen LogP contribution in [-0.4, -0.2) is 31.5 Å². The SMILES string of the molecule is c1ccc(CO/N=C2\COC3OCC2O3)cc1. The van der Waals surface area contributed by atoms with Crippen molar-refractivity contribution in [1.29, 1.82) is 0 Å². The number of hydrogen-bond acceptors (Lipinski definition) is 5. The maximum absolute atomic E-state index is 5.36. The molecule has 2 heterocycles. The van der Waals surface area contributed by atoms with Gasteiger partial charge in [-0.25, -0.2) is 0 Å². The largest absolute Gasteiger partial charge is 0.391 e. The smallest absolute Gasteiger partial charge is 0.272 e. The predicted molar refractivity (Wildman–Crippen MR) is 59.2 cm³/mol. The van der Waals surface area contributed by atoms with Crippen molar-refractivity contribution in [2.75, 3.05) is 13.2 Å². The van der Waals surface area contributed by atoms with E-state index in [0.717, 1.165) is 11.3 Å². The van der Waals surface area contributed by atoms with Gasteiger partial charge in [0, 0.05) is 0 Å². The second-order valence-electron chi connectivity index (χ2n) is 3.90. The van der Waals surface area contributed by atoms with E-state index in [0.29, 0.717) is 19.8 Å². The van der Waals surface area contributed by atoms with E-state index in [9.17, 15) is 0 Å². The fourth-order valence-electron chi connectivity index (χ4n) is 1.74. The number of fused-ring (bicyclic) bond motifs is 2. The van der Waals surface area contributed by atoms with E-state index in [1.807, 2.05) is 30.3 Å². The normalized spacial score (nSPS) is 29.5. The lowest BCUT2D eigenvalue weighted by Gasteiger charge is -2.19. The van der Waals surface area contributed by atoms with Gasteiger partial charge < -0.3 is 19.0 Å². The van der Waals surface area contributed by atoms with E-state index in [1.165, 1.54) is 0 Å². The fraction of sp³-hybridized carbons (Fsp3) is 0.417. The third-order valence-electron chi connectivity index (χ3n) is 2.65. The van der Waals surface area contributed by atoms with Crippen LogP contribution in [0.2, 0.25) is 0 Å². The summed E-state index contributed by atoms with van der Waals surface area (Å²) in [7, 11) is 0. The van der Waals surface area contributed by atoms with Crippen LogP contribution in [0.5, 0.6) is 0 Å². The Morgan fingerprint density at radius 2 is 2.12 bits per heavy atom. The van der Waals surface area contributed by atoms with Gasteiger partial charge in [-0.2, -0.15) is 0 Å². The molecule has 5 heteroatoms. The first-order valence-electron chi connectivity index (χ1n) is 5.53. The maximum Gasteiger partial charge on any atom is 0.272 e. The molecule has 1 aromatic rings. The summed E-state index contributed by atoms with van der Waals surface area (Å²) >= 11 is 0. The molecule has 0 aliphatic carbocycles. The molecule has 2 bridgehead atoms. The number of ether oxygens (including phenoxy) is 3. The van der Waals surface area contributed by atoms with Gasteiger partial charge in [0.25, 0.3) is 6.48 Å². The highest BCUT2D eigenvalue weighted by molar-refractivity contribution is 5.90. The molecule has 0 amide bonds. The molecule has 5 nitrogen and oxygen atoms in total. The highest BCUT2D eigenvalue weighted by atomic mass is 16.9. The highest BCUT2D eigenvalue weighted by Crippen LogP contribution is 2.19. The Balaban J connectivity index is 1.56. The Kier molecular flexibility index (Phi) is 3.04. The van der Waals surface area contributed by atoms with Gasteiger partial charge in [-0.3, -0.25) is 0 Å². The van der Waals surface area contributed by atoms with Crippen LogP contribution in [0.3, 0.4) is 0 Å². The minimum atomic E-state index is -0.520. The molecule has 0 N–H and O–H groups in total. The van der Waals surface area contributed by atoms with Gasteiger partial charge >= 0.3 is 0 Å². The van der Waals surface area contributed by atoms with Crippen LogP contribution in [0.1, 0.15) is 5.56 Å². The second kappa shape index (κ2) is 4.83. The molecule has 2 atom stereocenters. The van der Waals surface area contributed by atoms with E-state index >= 15 is 0 Å². The van der Waals surface area contributed by atoms with Gasteiger partial charge in [0.1, 0.15) is 18.4 Å². The third-order valence-corrected chi connectivity index (χ3v) is 2.65. The van der Waals surface area contributed by atoms with Gasteiger partial charge in [-0.15, -0.1) is 0 Å². The van der Waals surface area contributed by atoms with E-state index in [-0.39, 0.29) is 6.10 Å². The van der Waals surface area contributed by atoms with Crippen molar-refractivity contribution in [2.24, 2.45) is 5.16 Å². The molecule has 17 heavy (non-hydrogen) atoms. The van der Waals surface area contributed by atoms with Gasteiger partial charge in [0.15, 0.2) is 0 Å². The molecule has 2 unspecified atom stereocenters. The Labute approximate surface area is 98.9 Å². The number of benzene rings is 1. The molecule has 2 aliphatic rings. The number of hydrogen-bond donors (Lipinski definition) is 0. The lowest BCUT2D eigenvalue weighted by atomic mass is 10.2. The molecule has 2 aliphatic heterocycles. The molecule has 2 saturated heterocycles. The molecule has 0 saturated carbocycles. The lowest BCUT2D eigenvalue weighted by molar-refractivity contribution is -0.235. The van der Waals surface area contributed by atoms with Crippen molar-refractivity contribution >= 4 is 5.71 Å². The second-order valence-corrected chi connectivity index (χ2v) is 3.90. The van der Waals surface area contributed by atoms with Crippen LogP contribution in [0.15, 0.2) is 35.5 Å². The highest BCUT2D eigenvalue weighted by Gasteiger charge is 2.36. The zero-order chi connectivity index (χ0) is 11.5. The van der Waals surface area contributed by atoms with E-state index in [2.05, 4.69) is 5.16 Å². The molecule has 0 radical (unpaired) electrons. The summed E-state index contributed by atoms with van der Waals surface area (Å²) < 4.78 is 15.8. The van der Waals surface area contributed by atoms with E-state index < -0.39 is 6.48 Å². The Bertz CT molecular complexity index is 406. The maximum atomic E-state index is 5.36. The van der Waals surface area contributed by atoms with E-state index in [4.69, 9.17) is 19.0 Å². The molecule has 0 spiro atoms. The summed E-state index contributed by atoms with van der Waals surface area (Å²) in [5, 5.41) is 4.04. The van der Waals surface area contributed by atoms with Crippen molar-refractivity contribution in [1.82, 2.24) is 0 Å². The van der Waals surface area contributed by atoms with Crippen molar-refractivity contribution in [3.63, 3.8) is 0 Å². The van der Waals surface area contributed by atoms with Crippen molar-refractivity contribution in [2.45, 2.75) is 19.2 Å². The van der Waals surface area contributed by atoms with Crippen LogP contribution >= 0.6 is 0 Å². The van der Waals surface area contributed by atoms with Crippen molar-refractivity contribution in [3.05, 3.63) is 35.9 Å². The molecule has 90 valence electrons. The topological polar surface area (TPSA) is 49.3 Å². The van der Waals surface area contributed by atoms with Crippen molar-refractivity contribution in [3.8, 4) is 0 Å². The van der Waals surface area contributed by atoms with Crippen LogP contribution in [0, 0.1) is 0 Å². The summed E-state index contributed by atoms with van der Waals surface area (Å²) in [6, 6.07) is 9.88. The number of rotatable bonds is 3. The molecular formula is C12H13NO4. The first-order chi connectivity index (χ1) is 8.42. The summed E-state index contributed by atoms with van der Waals surface area (Å²) in [5.41, 5.74) is 1.82. The first-order valence-corrected chi connectivity index (χ1v) is 5.53. The monoisotopic (exact) mass is 235 g/mol. The minimum Gasteiger partial charge on any atom is -0.391 e. The van der Waals surface area contributed by atoms with Crippen LogP contribution in [-0.2, 0) is 25.7 Å². The molecule has 0 aromatic heterocycles. The zero-order valence-corrected chi connectivity index (χ0v) is 9.24. The number of oxime groups is 1. The number of nitrogens with zero attached hydrogens (tertiary/aromatic N) is 1.